The summed E-state index contributed by atoms with van der Waals surface area (Å²) in [6.45, 7) is 7.33. The molecule has 0 rings (SSSR count). The fourth-order valence-corrected chi connectivity index (χ4v) is 13.6. The van der Waals surface area contributed by atoms with Crippen LogP contribution in [0.2, 0.25) is 0 Å². The zero-order chi connectivity index (χ0) is 71.2. The molecule has 0 spiro atoms. The van der Waals surface area contributed by atoms with Gasteiger partial charge in [-0.25, -0.2) is 9.13 Å². The van der Waals surface area contributed by atoms with Crippen molar-refractivity contribution in [1.29, 1.82) is 0 Å². The Hall–Kier alpha value is -1.94. The maximum absolute atomic E-state index is 13.1. The highest BCUT2D eigenvalue weighted by atomic mass is 31.2. The molecule has 0 aromatic carbocycles. The van der Waals surface area contributed by atoms with E-state index >= 15 is 0 Å². The Bertz CT molecular complexity index is 1860. The molecule has 0 aromatic heterocycles. The topological polar surface area (TPSA) is 237 Å². The van der Waals surface area contributed by atoms with Crippen LogP contribution in [0.15, 0.2) is 0 Å². The molecule has 0 saturated carbocycles. The molecule has 0 aromatic rings. The smallest absolute Gasteiger partial charge is 0.462 e. The summed E-state index contributed by atoms with van der Waals surface area (Å²) in [5, 5.41) is 10.6. The quantitative estimate of drug-likeness (QED) is 0.0222. The van der Waals surface area contributed by atoms with E-state index in [0.29, 0.717) is 25.7 Å². The number of carbonyl (C=O) groups excluding carboxylic acids is 4. The molecule has 0 radical (unpaired) electrons. The third-order valence-electron chi connectivity index (χ3n) is 18.3. The molecular weight excluding hydrogens is 1270 g/mol. The molecule has 17 nitrogen and oxygen atoms in total. The van der Waals surface area contributed by atoms with Crippen LogP contribution in [-0.2, 0) is 65.4 Å². The Morgan fingerprint density at radius 1 is 0.278 bits per heavy atom. The Morgan fingerprint density at radius 2 is 0.474 bits per heavy atom. The van der Waals surface area contributed by atoms with Crippen molar-refractivity contribution in [3.8, 4) is 0 Å². The van der Waals surface area contributed by atoms with E-state index in [9.17, 15) is 43.2 Å². The molecule has 0 amide bonds. The van der Waals surface area contributed by atoms with E-state index in [1.54, 1.807) is 0 Å². The maximum Gasteiger partial charge on any atom is 0.472 e. The van der Waals surface area contributed by atoms with Gasteiger partial charge in [-0.3, -0.25) is 37.3 Å². The molecule has 97 heavy (non-hydrogen) atoms. The van der Waals surface area contributed by atoms with Crippen LogP contribution in [0.25, 0.3) is 0 Å². The summed E-state index contributed by atoms with van der Waals surface area (Å²) in [4.78, 5) is 72.9. The van der Waals surface area contributed by atoms with E-state index in [-0.39, 0.29) is 25.7 Å². The highest BCUT2D eigenvalue weighted by molar-refractivity contribution is 7.47. The Balaban J connectivity index is 5.24. The predicted molar refractivity (Wildman–Crippen MR) is 395 cm³/mol. The lowest BCUT2D eigenvalue weighted by Crippen LogP contribution is -2.30. The molecule has 0 saturated heterocycles. The van der Waals surface area contributed by atoms with Crippen LogP contribution in [0, 0.1) is 5.92 Å². The number of esters is 4. The van der Waals surface area contributed by atoms with E-state index in [1.165, 1.54) is 238 Å². The lowest BCUT2D eigenvalue weighted by atomic mass is 10.0. The number of rotatable bonds is 78. The summed E-state index contributed by atoms with van der Waals surface area (Å²) in [5.41, 5.74) is 0. The zero-order valence-electron chi connectivity index (χ0n) is 63.2. The zero-order valence-corrected chi connectivity index (χ0v) is 65.0. The molecule has 5 atom stereocenters. The highest BCUT2D eigenvalue weighted by Crippen LogP contribution is 2.45. The van der Waals surface area contributed by atoms with E-state index in [1.807, 2.05) is 0 Å². The second-order valence-electron chi connectivity index (χ2n) is 28.6. The number of ether oxygens (including phenoxy) is 4. The van der Waals surface area contributed by atoms with Gasteiger partial charge in [-0.1, -0.05) is 362 Å². The van der Waals surface area contributed by atoms with Gasteiger partial charge in [0.2, 0.25) is 0 Å². The first-order valence-electron chi connectivity index (χ1n) is 40.6. The van der Waals surface area contributed by atoms with Crippen molar-refractivity contribution >= 4 is 39.5 Å². The first-order valence-corrected chi connectivity index (χ1v) is 43.6. The average Bonchev–Trinajstić information content (AvgIpc) is 1.85. The van der Waals surface area contributed by atoms with E-state index in [0.717, 1.165) is 95.8 Å². The van der Waals surface area contributed by atoms with Gasteiger partial charge in [-0.2, -0.15) is 0 Å². The normalized spacial score (nSPS) is 13.9. The number of hydrogen-bond donors (Lipinski definition) is 3. The van der Waals surface area contributed by atoms with Crippen LogP contribution in [0.1, 0.15) is 413 Å². The van der Waals surface area contributed by atoms with Gasteiger partial charge < -0.3 is 33.8 Å². The van der Waals surface area contributed by atoms with Crippen molar-refractivity contribution < 1.29 is 80.2 Å². The van der Waals surface area contributed by atoms with Gasteiger partial charge in [0, 0.05) is 25.7 Å². The molecule has 2 unspecified atom stereocenters. The summed E-state index contributed by atoms with van der Waals surface area (Å²) in [6, 6.07) is 0. The van der Waals surface area contributed by atoms with Crippen LogP contribution in [-0.4, -0.2) is 96.7 Å². The lowest BCUT2D eigenvalue weighted by Gasteiger charge is -2.21. The summed E-state index contributed by atoms with van der Waals surface area (Å²) in [7, 11) is -9.91. The van der Waals surface area contributed by atoms with Gasteiger partial charge in [0.25, 0.3) is 0 Å². The molecule has 0 aliphatic heterocycles. The molecule has 0 aliphatic carbocycles. The number of unbranched alkanes of at least 4 members (excludes halogenated alkanes) is 50. The van der Waals surface area contributed by atoms with Crippen molar-refractivity contribution in [2.45, 2.75) is 432 Å². The number of phosphoric ester groups is 2. The summed E-state index contributed by atoms with van der Waals surface area (Å²) in [6.07, 6.45) is 60.9. The van der Waals surface area contributed by atoms with Gasteiger partial charge in [-0.15, -0.1) is 0 Å². The van der Waals surface area contributed by atoms with Crippen molar-refractivity contribution in [2.24, 2.45) is 5.92 Å². The van der Waals surface area contributed by atoms with Gasteiger partial charge in [0.15, 0.2) is 12.2 Å². The summed E-state index contributed by atoms with van der Waals surface area (Å²) >= 11 is 0. The van der Waals surface area contributed by atoms with E-state index < -0.39 is 97.5 Å². The minimum Gasteiger partial charge on any atom is -0.462 e. The molecule has 3 N–H and O–H groups in total. The van der Waals surface area contributed by atoms with Gasteiger partial charge in [-0.05, 0) is 31.6 Å². The van der Waals surface area contributed by atoms with Crippen molar-refractivity contribution in [2.75, 3.05) is 39.6 Å². The maximum atomic E-state index is 13.1. The van der Waals surface area contributed by atoms with E-state index in [2.05, 4.69) is 34.6 Å². The molecule has 0 heterocycles. The molecule has 0 fully saturated rings. The molecule has 576 valence electrons. The van der Waals surface area contributed by atoms with Crippen LogP contribution in [0.4, 0.5) is 0 Å². The summed E-state index contributed by atoms with van der Waals surface area (Å²) < 4.78 is 68.6. The van der Waals surface area contributed by atoms with Crippen LogP contribution >= 0.6 is 15.6 Å². The minimum atomic E-state index is -4.96. The Morgan fingerprint density at radius 3 is 0.701 bits per heavy atom. The van der Waals surface area contributed by atoms with Crippen LogP contribution < -0.4 is 0 Å². The molecular formula is C78H152O17P2. The first kappa shape index (κ1) is 95.1. The van der Waals surface area contributed by atoms with Crippen LogP contribution in [0.5, 0.6) is 0 Å². The minimum absolute atomic E-state index is 0.108. The fraction of sp³-hybridized carbons (Fsp3) is 0.949. The van der Waals surface area contributed by atoms with Gasteiger partial charge in [0.1, 0.15) is 19.3 Å². The number of carbonyl (C=O) groups is 4. The number of hydrogen-bond acceptors (Lipinski definition) is 15. The average molecular weight is 1420 g/mol. The monoisotopic (exact) mass is 1420 g/mol. The van der Waals surface area contributed by atoms with Gasteiger partial charge in [0.05, 0.1) is 26.4 Å². The molecule has 0 aliphatic rings. The Kier molecular flexibility index (Phi) is 69.6. The number of aliphatic hydroxyl groups is 1. The fourth-order valence-electron chi connectivity index (χ4n) is 12.1. The standard InChI is InChI=1S/C78H152O17P2/c1-6-9-12-15-18-21-24-26-27-28-29-30-33-39-44-49-54-59-64-78(83)95-74(68-89-76(81)62-57-52-47-42-38-34-31-32-36-40-45-50-55-60-71(4)5)70-93-97(86,87)91-66-72(79)65-90-96(84,85)92-69-73(67-88-75(80)61-56-51-46-41-35-23-20-17-14-11-8-3)94-77(82)63-58-53-48-43-37-25-22-19-16-13-10-7-2/h71-74,79H,6-70H2,1-5H3,(H,84,85)(H,86,87)/t72-,73+,74+/m0/s1. The highest BCUT2D eigenvalue weighted by Gasteiger charge is 2.30. The van der Waals surface area contributed by atoms with Crippen molar-refractivity contribution in [3.05, 3.63) is 0 Å². The third-order valence-corrected chi connectivity index (χ3v) is 20.2. The van der Waals surface area contributed by atoms with Crippen LogP contribution in [0.3, 0.4) is 0 Å². The largest absolute Gasteiger partial charge is 0.472 e. The number of aliphatic hydroxyl groups excluding tert-OH is 1. The van der Waals surface area contributed by atoms with Crippen molar-refractivity contribution in [1.82, 2.24) is 0 Å². The third kappa shape index (κ3) is 72.2. The second kappa shape index (κ2) is 71.1. The molecule has 0 bridgehead atoms. The molecule has 19 heteroatoms. The predicted octanol–water partition coefficient (Wildman–Crippen LogP) is 23.3. The lowest BCUT2D eigenvalue weighted by molar-refractivity contribution is -0.161. The van der Waals surface area contributed by atoms with E-state index in [4.69, 9.17) is 37.0 Å². The summed E-state index contributed by atoms with van der Waals surface area (Å²) in [5.74, 6) is -1.32. The Labute approximate surface area is 594 Å². The second-order valence-corrected chi connectivity index (χ2v) is 31.5. The number of phosphoric acid groups is 2. The van der Waals surface area contributed by atoms with Gasteiger partial charge >= 0.3 is 39.5 Å². The first-order chi connectivity index (χ1) is 47.0. The SMILES string of the molecule is CCCCCCCCCCCCCCCCCCCCC(=O)O[C@H](COC(=O)CCCCCCCCCCCCCCCC(C)C)COP(=O)(O)OC[C@@H](O)COP(=O)(O)OC[C@@H](COC(=O)CCCCCCCCCCCCC)OC(=O)CCCCCCCCCCCCCC. The van der Waals surface area contributed by atoms with Crippen molar-refractivity contribution in [3.63, 3.8) is 0 Å².